The highest BCUT2D eigenvalue weighted by atomic mass is 35.5. The summed E-state index contributed by atoms with van der Waals surface area (Å²) in [5, 5.41) is 3.79. The first-order chi connectivity index (χ1) is 11.2. The Kier molecular flexibility index (Phi) is 5.02. The Bertz CT molecular complexity index is 693. The quantitative estimate of drug-likeness (QED) is 0.831. The van der Waals surface area contributed by atoms with Crippen LogP contribution in [0.4, 0.5) is 0 Å². The Morgan fingerprint density at radius 1 is 1.09 bits per heavy atom. The van der Waals surface area contributed by atoms with Gasteiger partial charge in [-0.05, 0) is 73.1 Å². The molecule has 0 spiro atoms. The molecule has 1 N–H and O–H groups in total. The van der Waals surface area contributed by atoms with Crippen molar-refractivity contribution in [3.8, 4) is 0 Å². The first-order valence-corrected chi connectivity index (χ1v) is 8.73. The minimum absolute atomic E-state index is 0.0467. The first kappa shape index (κ1) is 16.1. The van der Waals surface area contributed by atoms with Crippen molar-refractivity contribution >= 4 is 17.5 Å². The molecule has 2 aromatic rings. The van der Waals surface area contributed by atoms with Crippen molar-refractivity contribution in [1.82, 2.24) is 5.32 Å². The van der Waals surface area contributed by atoms with Crippen LogP contribution in [-0.4, -0.2) is 5.91 Å². The van der Waals surface area contributed by atoms with Crippen LogP contribution >= 0.6 is 11.6 Å². The number of aryl methyl sites for hydroxylation is 2. The minimum atomic E-state index is -0.0498. The zero-order valence-electron chi connectivity index (χ0n) is 13.4. The molecule has 0 aromatic heterocycles. The Morgan fingerprint density at radius 3 is 2.48 bits per heavy atom. The summed E-state index contributed by atoms with van der Waals surface area (Å²) in [6, 6.07) is 13.7. The number of amides is 1. The number of nitrogens with one attached hydrogen (secondary N) is 1. The SMILES string of the molecule is CC[C@@H](NC(=O)c1ccc(Cl)cc1)c1ccc2c(c1)CCCC2. The number of halogens is 1. The molecule has 0 aliphatic heterocycles. The largest absolute Gasteiger partial charge is 0.345 e. The van der Waals surface area contributed by atoms with Gasteiger partial charge in [-0.15, -0.1) is 0 Å². The lowest BCUT2D eigenvalue weighted by Gasteiger charge is -2.21. The van der Waals surface area contributed by atoms with E-state index in [-0.39, 0.29) is 11.9 Å². The highest BCUT2D eigenvalue weighted by molar-refractivity contribution is 6.30. The Morgan fingerprint density at radius 2 is 1.78 bits per heavy atom. The molecule has 0 fully saturated rings. The highest BCUT2D eigenvalue weighted by Gasteiger charge is 2.17. The van der Waals surface area contributed by atoms with Gasteiger partial charge in [-0.1, -0.05) is 36.7 Å². The standard InChI is InChI=1S/C20H22ClNO/c1-2-19(22-20(23)15-9-11-18(21)12-10-15)17-8-7-14-5-3-4-6-16(14)13-17/h7-13,19H,2-6H2,1H3,(H,22,23)/t19-/m1/s1. The van der Waals surface area contributed by atoms with E-state index >= 15 is 0 Å². The van der Waals surface area contributed by atoms with E-state index in [4.69, 9.17) is 11.6 Å². The normalized spacial score (nSPS) is 14.9. The number of benzene rings is 2. The molecular weight excluding hydrogens is 306 g/mol. The fraction of sp³-hybridized carbons (Fsp3) is 0.350. The van der Waals surface area contributed by atoms with E-state index in [0.717, 1.165) is 12.8 Å². The molecule has 0 bridgehead atoms. The van der Waals surface area contributed by atoms with E-state index in [1.165, 1.54) is 36.0 Å². The summed E-state index contributed by atoms with van der Waals surface area (Å²) in [5.74, 6) is -0.0498. The van der Waals surface area contributed by atoms with Crippen molar-refractivity contribution in [1.29, 1.82) is 0 Å². The zero-order valence-corrected chi connectivity index (χ0v) is 14.2. The fourth-order valence-electron chi connectivity index (χ4n) is 3.23. The van der Waals surface area contributed by atoms with E-state index in [9.17, 15) is 4.79 Å². The van der Waals surface area contributed by atoms with Gasteiger partial charge in [0.2, 0.25) is 0 Å². The minimum Gasteiger partial charge on any atom is -0.345 e. The summed E-state index contributed by atoms with van der Waals surface area (Å²) in [6.45, 7) is 2.10. The van der Waals surface area contributed by atoms with Crippen LogP contribution in [0.1, 0.15) is 59.3 Å². The lowest BCUT2D eigenvalue weighted by Crippen LogP contribution is -2.28. The molecule has 23 heavy (non-hydrogen) atoms. The average Bonchev–Trinajstić information content (AvgIpc) is 2.59. The first-order valence-electron chi connectivity index (χ1n) is 8.35. The Balaban J connectivity index is 1.77. The van der Waals surface area contributed by atoms with E-state index in [1.807, 2.05) is 0 Å². The summed E-state index contributed by atoms with van der Waals surface area (Å²) in [6.07, 6.45) is 5.77. The second kappa shape index (κ2) is 7.18. The van der Waals surface area contributed by atoms with E-state index < -0.39 is 0 Å². The Hall–Kier alpha value is -1.80. The molecule has 3 heteroatoms. The number of fused-ring (bicyclic) bond motifs is 1. The van der Waals surface area contributed by atoms with Crippen LogP contribution in [0.15, 0.2) is 42.5 Å². The molecule has 1 aliphatic carbocycles. The number of carbonyl (C=O) groups excluding carboxylic acids is 1. The van der Waals surface area contributed by atoms with Crippen molar-refractivity contribution in [2.75, 3.05) is 0 Å². The monoisotopic (exact) mass is 327 g/mol. The summed E-state index contributed by atoms with van der Waals surface area (Å²) in [4.78, 5) is 12.4. The molecule has 0 unspecified atom stereocenters. The van der Waals surface area contributed by atoms with Crippen molar-refractivity contribution < 1.29 is 4.79 Å². The highest BCUT2D eigenvalue weighted by Crippen LogP contribution is 2.26. The second-order valence-electron chi connectivity index (χ2n) is 6.18. The summed E-state index contributed by atoms with van der Waals surface area (Å²) in [7, 11) is 0. The molecule has 120 valence electrons. The number of hydrogen-bond donors (Lipinski definition) is 1. The average molecular weight is 328 g/mol. The van der Waals surface area contributed by atoms with Gasteiger partial charge in [-0.25, -0.2) is 0 Å². The predicted molar refractivity (Wildman–Crippen MR) is 95.0 cm³/mol. The van der Waals surface area contributed by atoms with Crippen molar-refractivity contribution in [2.45, 2.75) is 45.1 Å². The molecule has 0 saturated carbocycles. The Labute approximate surface area is 142 Å². The maximum atomic E-state index is 12.4. The second-order valence-corrected chi connectivity index (χ2v) is 6.61. The molecule has 2 aromatic carbocycles. The third-order valence-electron chi connectivity index (χ3n) is 4.59. The lowest BCUT2D eigenvalue weighted by molar-refractivity contribution is 0.0935. The third-order valence-corrected chi connectivity index (χ3v) is 4.85. The third kappa shape index (κ3) is 3.76. The van der Waals surface area contributed by atoms with Gasteiger partial charge in [0.25, 0.3) is 5.91 Å². The number of rotatable bonds is 4. The smallest absolute Gasteiger partial charge is 0.251 e. The molecule has 1 atom stereocenters. The van der Waals surface area contributed by atoms with Crippen molar-refractivity contribution in [2.24, 2.45) is 0 Å². The van der Waals surface area contributed by atoms with Crippen LogP contribution in [-0.2, 0) is 12.8 Å². The summed E-state index contributed by atoms with van der Waals surface area (Å²) >= 11 is 5.88. The fourth-order valence-corrected chi connectivity index (χ4v) is 3.36. The molecule has 3 rings (SSSR count). The maximum absolute atomic E-state index is 12.4. The van der Waals surface area contributed by atoms with Gasteiger partial charge < -0.3 is 5.32 Å². The van der Waals surface area contributed by atoms with Crippen LogP contribution in [0.25, 0.3) is 0 Å². The summed E-state index contributed by atoms with van der Waals surface area (Å²) < 4.78 is 0. The zero-order chi connectivity index (χ0) is 16.2. The van der Waals surface area contributed by atoms with E-state index in [2.05, 4.69) is 30.4 Å². The van der Waals surface area contributed by atoms with Crippen LogP contribution < -0.4 is 5.32 Å². The molecule has 2 nitrogen and oxygen atoms in total. The van der Waals surface area contributed by atoms with Crippen LogP contribution in [0.3, 0.4) is 0 Å². The van der Waals surface area contributed by atoms with Crippen LogP contribution in [0, 0.1) is 0 Å². The van der Waals surface area contributed by atoms with Gasteiger partial charge in [0, 0.05) is 10.6 Å². The van der Waals surface area contributed by atoms with Gasteiger partial charge in [-0.2, -0.15) is 0 Å². The molecule has 0 saturated heterocycles. The van der Waals surface area contributed by atoms with Gasteiger partial charge in [0.05, 0.1) is 6.04 Å². The summed E-state index contributed by atoms with van der Waals surface area (Å²) in [5.41, 5.74) is 4.77. The molecular formula is C20H22ClNO. The molecule has 0 heterocycles. The number of carbonyl (C=O) groups is 1. The molecule has 0 radical (unpaired) electrons. The van der Waals surface area contributed by atoms with Gasteiger partial charge in [-0.3, -0.25) is 4.79 Å². The maximum Gasteiger partial charge on any atom is 0.251 e. The predicted octanol–water partition coefficient (Wildman–Crippen LogP) is 5.10. The topological polar surface area (TPSA) is 29.1 Å². The molecule has 1 amide bonds. The van der Waals surface area contributed by atoms with Gasteiger partial charge in [0.15, 0.2) is 0 Å². The lowest BCUT2D eigenvalue weighted by atomic mass is 9.88. The van der Waals surface area contributed by atoms with E-state index in [0.29, 0.717) is 10.6 Å². The van der Waals surface area contributed by atoms with Crippen LogP contribution in [0.5, 0.6) is 0 Å². The van der Waals surface area contributed by atoms with Crippen LogP contribution in [0.2, 0.25) is 5.02 Å². The number of hydrogen-bond acceptors (Lipinski definition) is 1. The van der Waals surface area contributed by atoms with Gasteiger partial charge >= 0.3 is 0 Å². The molecule has 1 aliphatic rings. The van der Waals surface area contributed by atoms with E-state index in [1.54, 1.807) is 24.3 Å². The van der Waals surface area contributed by atoms with Gasteiger partial charge in [0.1, 0.15) is 0 Å². The van der Waals surface area contributed by atoms with Crippen molar-refractivity contribution in [3.05, 3.63) is 69.7 Å². The van der Waals surface area contributed by atoms with Crippen molar-refractivity contribution in [3.63, 3.8) is 0 Å².